The Bertz CT molecular complexity index is 1700. The van der Waals surface area contributed by atoms with Crippen molar-refractivity contribution in [1.82, 2.24) is 19.7 Å². The fourth-order valence-electron chi connectivity index (χ4n) is 6.26. The fourth-order valence-corrected chi connectivity index (χ4v) is 7.91. The Morgan fingerprint density at radius 1 is 1.12 bits per heavy atom. The molecule has 0 radical (unpaired) electrons. The molecule has 2 amide bonds. The molecule has 2 aromatic carbocycles. The van der Waals surface area contributed by atoms with Crippen molar-refractivity contribution in [3.8, 4) is 0 Å². The van der Waals surface area contributed by atoms with Crippen LogP contribution < -0.4 is 5.32 Å². The maximum Gasteiger partial charge on any atom is 0.410 e. The smallest absolute Gasteiger partial charge is 0.410 e. The summed E-state index contributed by atoms with van der Waals surface area (Å²) in [4.78, 5) is 27.2. The Labute approximate surface area is 298 Å². The average molecular weight is 733 g/mol. The van der Waals surface area contributed by atoms with E-state index in [9.17, 15) is 23.1 Å². The van der Waals surface area contributed by atoms with Crippen LogP contribution in [0.2, 0.25) is 0 Å². The van der Waals surface area contributed by atoms with Gasteiger partial charge in [-0.3, -0.25) is 4.90 Å². The van der Waals surface area contributed by atoms with Gasteiger partial charge >= 0.3 is 12.2 Å². The zero-order valence-electron chi connectivity index (χ0n) is 29.4. The number of carbonyl (C=O) groups is 2. The molecular weight excluding hydrogens is 684 g/mol. The van der Waals surface area contributed by atoms with Crippen molar-refractivity contribution in [1.29, 1.82) is 0 Å². The highest BCUT2D eigenvalue weighted by molar-refractivity contribution is 7.89. The van der Waals surface area contributed by atoms with E-state index in [1.54, 1.807) is 6.92 Å². The molecule has 0 unspecified atom stereocenters. The van der Waals surface area contributed by atoms with Crippen LogP contribution in [0.1, 0.15) is 38.4 Å². The van der Waals surface area contributed by atoms with Crippen LogP contribution >= 0.6 is 0 Å². The predicted octanol–water partition coefficient (Wildman–Crippen LogP) is 3.54. The molecule has 2 N–H and O–H groups in total. The minimum absolute atomic E-state index is 0.00252. The van der Waals surface area contributed by atoms with Crippen molar-refractivity contribution in [3.05, 3.63) is 59.8 Å². The maximum atomic E-state index is 14.3. The van der Waals surface area contributed by atoms with Crippen LogP contribution in [0.4, 0.5) is 9.59 Å². The number of methoxy groups -OCH3 is 1. The van der Waals surface area contributed by atoms with Crippen LogP contribution in [0.5, 0.6) is 0 Å². The number of alkyl carbamates (subject to hydrolysis) is 1. The number of hydrogen-bond donors (Lipinski definition) is 2. The van der Waals surface area contributed by atoms with E-state index in [0.29, 0.717) is 29.7 Å². The highest BCUT2D eigenvalue weighted by Gasteiger charge is 2.44. The van der Waals surface area contributed by atoms with E-state index in [1.165, 1.54) is 34.5 Å². The molecule has 5 rings (SSSR count). The number of aromatic nitrogens is 1. The Morgan fingerprint density at radius 2 is 1.90 bits per heavy atom. The number of sulfonamides is 1. The number of fused-ring (bicyclic) bond motifs is 2. The van der Waals surface area contributed by atoms with Gasteiger partial charge in [-0.1, -0.05) is 49.3 Å². The van der Waals surface area contributed by atoms with Gasteiger partial charge < -0.3 is 38.6 Å². The summed E-state index contributed by atoms with van der Waals surface area (Å²) >= 11 is 0. The Morgan fingerprint density at radius 3 is 2.63 bits per heavy atom. The second-order valence-electron chi connectivity index (χ2n) is 13.1. The number of nitrogens with one attached hydrogen (secondary N) is 1. The van der Waals surface area contributed by atoms with Gasteiger partial charge in [0.1, 0.15) is 11.8 Å². The van der Waals surface area contributed by atoms with Crippen LogP contribution in [0.25, 0.3) is 11.0 Å². The average Bonchev–Trinajstić information content (AvgIpc) is 3.84. The highest BCUT2D eigenvalue weighted by Crippen LogP contribution is 2.33. The number of ether oxygens (including phenoxy) is 5. The van der Waals surface area contributed by atoms with E-state index < -0.39 is 46.7 Å². The maximum absolute atomic E-state index is 14.3. The van der Waals surface area contributed by atoms with Gasteiger partial charge in [-0.2, -0.15) is 4.31 Å². The fraction of sp³-hybridized carbons (Fsp3) is 0.571. The number of benzene rings is 2. The van der Waals surface area contributed by atoms with E-state index in [-0.39, 0.29) is 69.2 Å². The second kappa shape index (κ2) is 17.6. The number of aliphatic hydroxyl groups is 1. The largest absolute Gasteiger partial charge is 0.450 e. The third kappa shape index (κ3) is 9.75. The molecule has 3 heterocycles. The van der Waals surface area contributed by atoms with Crippen molar-refractivity contribution >= 4 is 33.2 Å². The number of nitrogens with zero attached hydrogens (tertiary/aromatic N) is 3. The van der Waals surface area contributed by atoms with E-state index in [4.69, 9.17) is 28.2 Å². The lowest BCUT2D eigenvalue weighted by Crippen LogP contribution is -2.51. The van der Waals surface area contributed by atoms with Gasteiger partial charge in [0.15, 0.2) is 11.9 Å². The van der Waals surface area contributed by atoms with Crippen LogP contribution in [-0.4, -0.2) is 118 Å². The van der Waals surface area contributed by atoms with E-state index in [0.717, 1.165) is 5.56 Å². The summed E-state index contributed by atoms with van der Waals surface area (Å²) in [5.74, 6) is -0.169. The van der Waals surface area contributed by atoms with E-state index in [2.05, 4.69) is 10.5 Å². The number of hydrogen-bond acceptors (Lipinski definition) is 12. The van der Waals surface area contributed by atoms with E-state index >= 15 is 0 Å². The lowest BCUT2D eigenvalue weighted by Gasteiger charge is -2.31. The molecule has 1 aromatic heterocycles. The molecule has 0 saturated carbocycles. The van der Waals surface area contributed by atoms with Gasteiger partial charge in [-0.25, -0.2) is 18.0 Å². The topological polar surface area (TPSA) is 179 Å². The minimum atomic E-state index is -4.20. The molecule has 280 valence electrons. The Hall–Kier alpha value is -3.80. The van der Waals surface area contributed by atoms with Crippen molar-refractivity contribution in [3.63, 3.8) is 0 Å². The molecular formula is C35H48N4O11S. The lowest BCUT2D eigenvalue weighted by molar-refractivity contribution is -0.0907. The molecule has 2 saturated heterocycles. The van der Waals surface area contributed by atoms with Crippen molar-refractivity contribution in [2.75, 3.05) is 53.2 Å². The van der Waals surface area contributed by atoms with Gasteiger partial charge in [-0.15, -0.1) is 0 Å². The van der Waals surface area contributed by atoms with Crippen molar-refractivity contribution in [2.45, 2.75) is 69.6 Å². The molecule has 2 fully saturated rings. The van der Waals surface area contributed by atoms with Gasteiger partial charge in [0.05, 0.1) is 55.9 Å². The lowest BCUT2D eigenvalue weighted by atomic mass is 10.0. The first-order valence-electron chi connectivity index (χ1n) is 17.2. The van der Waals surface area contributed by atoms with Crippen LogP contribution in [0, 0.1) is 11.8 Å². The van der Waals surface area contributed by atoms with Gasteiger partial charge in [-0.05, 0) is 49.4 Å². The summed E-state index contributed by atoms with van der Waals surface area (Å²) < 4.78 is 62.5. The molecule has 0 aliphatic carbocycles. The first-order chi connectivity index (χ1) is 24.5. The van der Waals surface area contributed by atoms with Crippen LogP contribution in [-0.2, 0) is 46.7 Å². The second-order valence-corrected chi connectivity index (χ2v) is 15.0. The molecule has 5 atom stereocenters. The number of amides is 2. The van der Waals surface area contributed by atoms with Gasteiger partial charge in [0.25, 0.3) is 0 Å². The SMILES string of the molecule is CCOC(=O)N(CCOC)Cc1noc2ccc(S(=O)(=O)N(CC(C)C)C[C@@H](O)[C@H](Cc3ccccc3)NC(=O)O[C@H]3CO[C@H]4OCC[C@H]43)cc12. The highest BCUT2D eigenvalue weighted by atomic mass is 32.2. The summed E-state index contributed by atoms with van der Waals surface area (Å²) in [6, 6.07) is 12.8. The third-order valence-electron chi connectivity index (χ3n) is 8.86. The summed E-state index contributed by atoms with van der Waals surface area (Å²) in [6.45, 7) is 6.61. The standard InChI is InChI=1S/C35H48N4O11S/c1-5-46-35(42)38(14-16-45-4)20-29-27-18-25(11-12-31(27)50-37-29)51(43,44)39(19-23(2)3)21-30(40)28(17-24-9-7-6-8-10-24)36-34(41)49-32-22-48-33-26(32)13-15-47-33/h6-12,18,23,26,28,30,32-33,40H,5,13-17,19-22H2,1-4H3,(H,36,41)/t26-,28-,30+,32-,33+/m0/s1. The minimum Gasteiger partial charge on any atom is -0.450 e. The normalized spacial score (nSPS) is 20.0. The molecule has 2 aliphatic heterocycles. The molecule has 3 aromatic rings. The number of rotatable bonds is 17. The molecule has 15 nitrogen and oxygen atoms in total. The summed E-state index contributed by atoms with van der Waals surface area (Å²) in [5, 5.41) is 19.0. The zero-order valence-corrected chi connectivity index (χ0v) is 30.3. The summed E-state index contributed by atoms with van der Waals surface area (Å²) in [7, 11) is -2.69. The Kier molecular flexibility index (Phi) is 13.3. The first kappa shape index (κ1) is 38.4. The summed E-state index contributed by atoms with van der Waals surface area (Å²) in [6.07, 6.45) is -2.58. The number of aliphatic hydroxyl groups excluding tert-OH is 1. The molecule has 0 bridgehead atoms. The third-order valence-corrected chi connectivity index (χ3v) is 10.7. The van der Waals surface area contributed by atoms with Gasteiger partial charge in [0.2, 0.25) is 10.0 Å². The molecule has 51 heavy (non-hydrogen) atoms. The van der Waals surface area contributed by atoms with Crippen LogP contribution in [0.15, 0.2) is 57.9 Å². The van der Waals surface area contributed by atoms with Gasteiger partial charge in [0, 0.05) is 32.1 Å². The molecule has 0 spiro atoms. The molecule has 2 aliphatic rings. The summed E-state index contributed by atoms with van der Waals surface area (Å²) in [5.41, 5.74) is 1.51. The van der Waals surface area contributed by atoms with Crippen LogP contribution in [0.3, 0.4) is 0 Å². The van der Waals surface area contributed by atoms with E-state index in [1.807, 2.05) is 44.2 Å². The number of carbonyl (C=O) groups excluding carboxylic acids is 2. The first-order valence-corrected chi connectivity index (χ1v) is 18.7. The van der Waals surface area contributed by atoms with Crippen molar-refractivity contribution < 1.29 is 51.3 Å². The Balaban J connectivity index is 1.37. The quantitative estimate of drug-likeness (QED) is 0.207. The molecule has 16 heteroatoms. The zero-order chi connectivity index (χ0) is 36.5. The predicted molar refractivity (Wildman–Crippen MR) is 184 cm³/mol. The van der Waals surface area contributed by atoms with Crippen molar-refractivity contribution in [2.24, 2.45) is 11.8 Å². The monoisotopic (exact) mass is 732 g/mol.